The lowest BCUT2D eigenvalue weighted by molar-refractivity contribution is 0.173. The van der Waals surface area contributed by atoms with Crippen LogP contribution in [0.4, 0.5) is 0 Å². The molecule has 20 heavy (non-hydrogen) atoms. The Hall–Kier alpha value is -0.780. The monoisotopic (exact) mass is 342 g/mol. The minimum absolute atomic E-state index is 0.206. The lowest BCUT2D eigenvalue weighted by Gasteiger charge is -2.27. The lowest BCUT2D eigenvalue weighted by Crippen LogP contribution is -2.31. The summed E-state index contributed by atoms with van der Waals surface area (Å²) < 4.78 is 11.8. The van der Waals surface area contributed by atoms with Crippen LogP contribution in [0.15, 0.2) is 16.6 Å². The largest absolute Gasteiger partial charge is 0.454 e. The van der Waals surface area contributed by atoms with Gasteiger partial charge in [0, 0.05) is 12.6 Å². The fourth-order valence-corrected chi connectivity index (χ4v) is 3.09. The van der Waals surface area contributed by atoms with Crippen LogP contribution in [0.2, 0.25) is 0 Å². The molecule has 0 aromatic heterocycles. The summed E-state index contributed by atoms with van der Waals surface area (Å²) in [6.45, 7) is 4.16. The van der Waals surface area contributed by atoms with Gasteiger partial charge in [0.1, 0.15) is 0 Å². The van der Waals surface area contributed by atoms with Crippen LogP contribution in [0.1, 0.15) is 37.8 Å². The van der Waals surface area contributed by atoms with E-state index in [2.05, 4.69) is 40.9 Å². The molecule has 1 aromatic carbocycles. The number of fused-ring (bicyclic) bond motifs is 1. The summed E-state index contributed by atoms with van der Waals surface area (Å²) in [6.07, 6.45) is 3.69. The standard InChI is InChI=1S/C15H23BrN2O2/c1-3-4-5-6-18(2)13(9-17)11-7-12(16)15-14(8-11)19-10-20-15/h7-8,13H,3-6,9-10,17H2,1-2H3. The third-order valence-electron chi connectivity index (χ3n) is 3.70. The van der Waals surface area contributed by atoms with Crippen molar-refractivity contribution in [3.05, 3.63) is 22.2 Å². The smallest absolute Gasteiger partial charge is 0.231 e. The first kappa shape index (κ1) is 15.6. The molecular weight excluding hydrogens is 320 g/mol. The van der Waals surface area contributed by atoms with E-state index in [-0.39, 0.29) is 12.8 Å². The van der Waals surface area contributed by atoms with E-state index in [9.17, 15) is 0 Å². The van der Waals surface area contributed by atoms with Crippen molar-refractivity contribution >= 4 is 15.9 Å². The molecule has 0 spiro atoms. The second-order valence-corrected chi connectivity index (χ2v) is 6.03. The molecule has 0 fully saturated rings. The van der Waals surface area contributed by atoms with E-state index < -0.39 is 0 Å². The first-order valence-corrected chi connectivity index (χ1v) is 7.96. The molecule has 1 aliphatic rings. The molecule has 1 aromatic rings. The summed E-state index contributed by atoms with van der Waals surface area (Å²) in [7, 11) is 2.13. The molecule has 1 atom stereocenters. The normalized spacial score (nSPS) is 14.8. The maximum absolute atomic E-state index is 5.98. The molecule has 112 valence electrons. The van der Waals surface area contributed by atoms with Crippen molar-refractivity contribution in [1.29, 1.82) is 0 Å². The summed E-state index contributed by atoms with van der Waals surface area (Å²) in [5.74, 6) is 1.59. The zero-order valence-electron chi connectivity index (χ0n) is 12.2. The van der Waals surface area contributed by atoms with Gasteiger partial charge in [0.25, 0.3) is 0 Å². The number of hydrogen-bond donors (Lipinski definition) is 1. The predicted molar refractivity (Wildman–Crippen MR) is 84.2 cm³/mol. The molecule has 0 bridgehead atoms. The van der Waals surface area contributed by atoms with Crippen LogP contribution in [0.25, 0.3) is 0 Å². The van der Waals surface area contributed by atoms with E-state index in [4.69, 9.17) is 15.2 Å². The van der Waals surface area contributed by atoms with Gasteiger partial charge in [-0.25, -0.2) is 0 Å². The predicted octanol–water partition coefficient (Wildman–Crippen LogP) is 3.30. The van der Waals surface area contributed by atoms with Gasteiger partial charge in [-0.05, 0) is 53.6 Å². The van der Waals surface area contributed by atoms with Gasteiger partial charge in [-0.3, -0.25) is 4.90 Å². The molecule has 2 N–H and O–H groups in total. The Bertz CT molecular complexity index is 454. The van der Waals surface area contributed by atoms with E-state index >= 15 is 0 Å². The third-order valence-corrected chi connectivity index (χ3v) is 4.29. The number of hydrogen-bond acceptors (Lipinski definition) is 4. The molecule has 1 heterocycles. The molecule has 4 nitrogen and oxygen atoms in total. The molecule has 1 aliphatic heterocycles. The summed E-state index contributed by atoms with van der Waals surface area (Å²) in [6, 6.07) is 4.33. The summed E-state index contributed by atoms with van der Waals surface area (Å²) in [5, 5.41) is 0. The number of nitrogens with zero attached hydrogens (tertiary/aromatic N) is 1. The summed E-state index contributed by atoms with van der Waals surface area (Å²) in [5.41, 5.74) is 7.15. The highest BCUT2D eigenvalue weighted by molar-refractivity contribution is 9.10. The van der Waals surface area contributed by atoms with Gasteiger partial charge in [0.2, 0.25) is 6.79 Å². The molecule has 0 aliphatic carbocycles. The van der Waals surface area contributed by atoms with Crippen LogP contribution in [-0.2, 0) is 0 Å². The van der Waals surface area contributed by atoms with Crippen LogP contribution in [0.3, 0.4) is 0 Å². The average molecular weight is 343 g/mol. The van der Waals surface area contributed by atoms with E-state index in [0.29, 0.717) is 6.54 Å². The van der Waals surface area contributed by atoms with Crippen molar-refractivity contribution < 1.29 is 9.47 Å². The number of halogens is 1. The maximum Gasteiger partial charge on any atom is 0.231 e. The highest BCUT2D eigenvalue weighted by Gasteiger charge is 2.22. The number of benzene rings is 1. The van der Waals surface area contributed by atoms with Crippen molar-refractivity contribution in [3.8, 4) is 11.5 Å². The average Bonchev–Trinajstić information content (AvgIpc) is 2.89. The topological polar surface area (TPSA) is 47.7 Å². The van der Waals surface area contributed by atoms with Crippen LogP contribution in [-0.4, -0.2) is 31.8 Å². The highest BCUT2D eigenvalue weighted by Crippen LogP contribution is 2.41. The van der Waals surface area contributed by atoms with Gasteiger partial charge in [-0.1, -0.05) is 19.8 Å². The molecule has 0 saturated carbocycles. The van der Waals surface area contributed by atoms with Gasteiger partial charge < -0.3 is 15.2 Å². The Morgan fingerprint density at radius 1 is 1.35 bits per heavy atom. The Balaban J connectivity index is 2.13. The zero-order chi connectivity index (χ0) is 14.5. The molecule has 0 saturated heterocycles. The van der Waals surface area contributed by atoms with Crippen molar-refractivity contribution in [1.82, 2.24) is 4.90 Å². The van der Waals surface area contributed by atoms with E-state index in [1.165, 1.54) is 24.8 Å². The Morgan fingerprint density at radius 2 is 2.15 bits per heavy atom. The summed E-state index contributed by atoms with van der Waals surface area (Å²) in [4.78, 5) is 2.32. The quantitative estimate of drug-likeness (QED) is 0.772. The van der Waals surface area contributed by atoms with Crippen LogP contribution < -0.4 is 15.2 Å². The van der Waals surface area contributed by atoms with Crippen molar-refractivity contribution in [2.75, 3.05) is 26.9 Å². The van der Waals surface area contributed by atoms with Crippen molar-refractivity contribution in [2.45, 2.75) is 32.2 Å². The molecule has 5 heteroatoms. The lowest BCUT2D eigenvalue weighted by atomic mass is 10.0. The highest BCUT2D eigenvalue weighted by atomic mass is 79.9. The number of likely N-dealkylation sites (N-methyl/N-ethyl adjacent to an activating group) is 1. The zero-order valence-corrected chi connectivity index (χ0v) is 13.8. The first-order chi connectivity index (χ1) is 9.67. The van der Waals surface area contributed by atoms with E-state index in [0.717, 1.165) is 22.5 Å². The minimum atomic E-state index is 0.206. The molecule has 0 radical (unpaired) electrons. The Kier molecular flexibility index (Phi) is 5.69. The second-order valence-electron chi connectivity index (χ2n) is 5.18. The van der Waals surface area contributed by atoms with Crippen LogP contribution in [0.5, 0.6) is 11.5 Å². The van der Waals surface area contributed by atoms with Gasteiger partial charge in [0.15, 0.2) is 11.5 Å². The van der Waals surface area contributed by atoms with Crippen LogP contribution in [0, 0.1) is 0 Å². The van der Waals surface area contributed by atoms with Gasteiger partial charge in [0.05, 0.1) is 4.47 Å². The maximum atomic E-state index is 5.98. The number of rotatable bonds is 7. The molecule has 2 rings (SSSR count). The first-order valence-electron chi connectivity index (χ1n) is 7.16. The van der Waals surface area contributed by atoms with Gasteiger partial charge in [-0.15, -0.1) is 0 Å². The van der Waals surface area contributed by atoms with Crippen molar-refractivity contribution in [3.63, 3.8) is 0 Å². The van der Waals surface area contributed by atoms with Crippen molar-refractivity contribution in [2.24, 2.45) is 5.73 Å². The van der Waals surface area contributed by atoms with Gasteiger partial charge in [-0.2, -0.15) is 0 Å². The number of nitrogens with two attached hydrogens (primary N) is 1. The van der Waals surface area contributed by atoms with E-state index in [1.807, 2.05) is 6.07 Å². The Labute approximate surface area is 129 Å². The van der Waals surface area contributed by atoms with E-state index in [1.54, 1.807) is 0 Å². The summed E-state index contributed by atoms with van der Waals surface area (Å²) >= 11 is 3.54. The molecular formula is C15H23BrN2O2. The van der Waals surface area contributed by atoms with Gasteiger partial charge >= 0.3 is 0 Å². The SMILES string of the molecule is CCCCCN(C)C(CN)c1cc(Br)c2c(c1)OCO2. The minimum Gasteiger partial charge on any atom is -0.454 e. The van der Waals surface area contributed by atoms with Crippen LogP contribution >= 0.6 is 15.9 Å². The molecule has 0 amide bonds. The fraction of sp³-hybridized carbons (Fsp3) is 0.600. The fourth-order valence-electron chi connectivity index (χ4n) is 2.52. The second kappa shape index (κ2) is 7.29. The third kappa shape index (κ3) is 3.45. The number of ether oxygens (including phenoxy) is 2. The molecule has 1 unspecified atom stereocenters. The Morgan fingerprint density at radius 3 is 2.85 bits per heavy atom. The number of unbranched alkanes of at least 4 members (excludes halogenated alkanes) is 2.